The van der Waals surface area contributed by atoms with Gasteiger partial charge >= 0.3 is 0 Å². The van der Waals surface area contributed by atoms with Crippen LogP contribution in [0.3, 0.4) is 0 Å². The van der Waals surface area contributed by atoms with Crippen molar-refractivity contribution in [2.24, 2.45) is 0 Å². The van der Waals surface area contributed by atoms with E-state index in [-0.39, 0.29) is 0 Å². The third kappa shape index (κ3) is 4.05. The molecule has 3 aromatic carbocycles. The second-order valence-electron chi connectivity index (χ2n) is 6.63. The van der Waals surface area contributed by atoms with Crippen molar-refractivity contribution >= 4 is 40.0 Å². The maximum Gasteiger partial charge on any atom is 0.210 e. The lowest BCUT2D eigenvalue weighted by Crippen LogP contribution is -2.22. The predicted octanol–water partition coefficient (Wildman–Crippen LogP) is 5.46. The van der Waals surface area contributed by atoms with Gasteiger partial charge in [0, 0.05) is 5.69 Å². The Hall–Kier alpha value is -3.18. The van der Waals surface area contributed by atoms with Crippen LogP contribution in [0.5, 0.6) is 0 Å². The molecule has 1 aromatic heterocycles. The van der Waals surface area contributed by atoms with Crippen LogP contribution in [0.25, 0.3) is 11.0 Å². The standard InChI is InChI=1S/C23H22N4S/c1-2-17-11-8-12-19(15-17)24-23(28)26-22-25-20-13-6-7-14-21(20)27(22)16-18-9-4-3-5-10-18/h3-15H,2,16H2,1H3,(H2,24,25,26,28). The zero-order chi connectivity index (χ0) is 19.3. The zero-order valence-electron chi connectivity index (χ0n) is 15.7. The summed E-state index contributed by atoms with van der Waals surface area (Å²) in [5.41, 5.74) is 5.47. The summed E-state index contributed by atoms with van der Waals surface area (Å²) >= 11 is 5.55. The highest BCUT2D eigenvalue weighted by Gasteiger charge is 2.12. The van der Waals surface area contributed by atoms with Crippen molar-refractivity contribution in [1.82, 2.24) is 9.55 Å². The predicted molar refractivity (Wildman–Crippen MR) is 121 cm³/mol. The molecule has 0 bridgehead atoms. The lowest BCUT2D eigenvalue weighted by molar-refractivity contribution is 0.837. The molecule has 0 radical (unpaired) electrons. The highest BCUT2D eigenvalue weighted by atomic mass is 32.1. The molecule has 4 rings (SSSR count). The lowest BCUT2D eigenvalue weighted by Gasteiger charge is -2.13. The molecule has 0 fully saturated rings. The number of aromatic nitrogens is 2. The molecule has 5 heteroatoms. The highest BCUT2D eigenvalue weighted by molar-refractivity contribution is 7.80. The number of nitrogens with zero attached hydrogens (tertiary/aromatic N) is 2. The van der Waals surface area contributed by atoms with Crippen molar-refractivity contribution in [2.45, 2.75) is 19.9 Å². The van der Waals surface area contributed by atoms with Crippen LogP contribution in [0.15, 0.2) is 78.9 Å². The minimum Gasteiger partial charge on any atom is -0.332 e. The van der Waals surface area contributed by atoms with Gasteiger partial charge in [-0.3, -0.25) is 0 Å². The van der Waals surface area contributed by atoms with E-state index in [1.165, 1.54) is 11.1 Å². The van der Waals surface area contributed by atoms with Gasteiger partial charge in [0.25, 0.3) is 0 Å². The molecule has 0 unspecified atom stereocenters. The van der Waals surface area contributed by atoms with Crippen molar-refractivity contribution < 1.29 is 0 Å². The average Bonchev–Trinajstić information content (AvgIpc) is 3.06. The van der Waals surface area contributed by atoms with Crippen molar-refractivity contribution in [3.8, 4) is 0 Å². The van der Waals surface area contributed by atoms with Crippen LogP contribution in [0.1, 0.15) is 18.1 Å². The summed E-state index contributed by atoms with van der Waals surface area (Å²) in [7, 11) is 0. The smallest absolute Gasteiger partial charge is 0.210 e. The number of anilines is 2. The molecule has 0 aliphatic heterocycles. The lowest BCUT2D eigenvalue weighted by atomic mass is 10.1. The van der Waals surface area contributed by atoms with E-state index in [2.05, 4.69) is 64.6 Å². The summed E-state index contributed by atoms with van der Waals surface area (Å²) in [6.07, 6.45) is 0.989. The van der Waals surface area contributed by atoms with Crippen molar-refractivity contribution in [3.05, 3.63) is 90.0 Å². The molecule has 2 N–H and O–H groups in total. The summed E-state index contributed by atoms with van der Waals surface area (Å²) in [6.45, 7) is 2.86. The van der Waals surface area contributed by atoms with Gasteiger partial charge in [-0.05, 0) is 54.0 Å². The molecule has 140 valence electrons. The zero-order valence-corrected chi connectivity index (χ0v) is 16.5. The van der Waals surface area contributed by atoms with E-state index >= 15 is 0 Å². The number of hydrogen-bond donors (Lipinski definition) is 2. The number of imidazole rings is 1. The van der Waals surface area contributed by atoms with Gasteiger partial charge in [0.05, 0.1) is 17.6 Å². The number of para-hydroxylation sites is 2. The number of nitrogens with one attached hydrogen (secondary N) is 2. The topological polar surface area (TPSA) is 41.9 Å². The Labute approximate surface area is 170 Å². The number of thiocarbonyl (C=S) groups is 1. The second-order valence-corrected chi connectivity index (χ2v) is 7.04. The summed E-state index contributed by atoms with van der Waals surface area (Å²) in [4.78, 5) is 4.75. The minimum atomic E-state index is 0.526. The monoisotopic (exact) mass is 386 g/mol. The number of hydrogen-bond acceptors (Lipinski definition) is 2. The maximum atomic E-state index is 5.55. The fraction of sp³-hybridized carbons (Fsp3) is 0.130. The van der Waals surface area contributed by atoms with E-state index in [0.29, 0.717) is 5.11 Å². The van der Waals surface area contributed by atoms with Crippen LogP contribution in [0.2, 0.25) is 0 Å². The van der Waals surface area contributed by atoms with Crippen molar-refractivity contribution in [3.63, 3.8) is 0 Å². The molecule has 1 heterocycles. The van der Waals surface area contributed by atoms with Gasteiger partial charge in [-0.15, -0.1) is 0 Å². The average molecular weight is 387 g/mol. The fourth-order valence-electron chi connectivity index (χ4n) is 3.23. The van der Waals surface area contributed by atoms with E-state index in [1.54, 1.807) is 0 Å². The van der Waals surface area contributed by atoms with Crippen LogP contribution >= 0.6 is 12.2 Å². The Balaban J connectivity index is 1.60. The molecule has 0 atom stereocenters. The van der Waals surface area contributed by atoms with Gasteiger partial charge in [-0.25, -0.2) is 4.98 Å². The normalized spacial score (nSPS) is 10.8. The minimum absolute atomic E-state index is 0.526. The van der Waals surface area contributed by atoms with Gasteiger partial charge in [-0.1, -0.05) is 61.5 Å². The second kappa shape index (κ2) is 8.23. The first-order valence-electron chi connectivity index (χ1n) is 9.39. The van der Waals surface area contributed by atoms with E-state index in [1.807, 2.05) is 36.4 Å². The summed E-state index contributed by atoms with van der Waals surface area (Å²) in [5, 5.41) is 7.07. The van der Waals surface area contributed by atoms with Gasteiger partial charge in [-0.2, -0.15) is 0 Å². The molecule has 28 heavy (non-hydrogen) atoms. The molecular formula is C23H22N4S. The summed E-state index contributed by atoms with van der Waals surface area (Å²) in [5.74, 6) is 0.731. The third-order valence-electron chi connectivity index (χ3n) is 4.66. The molecule has 4 nitrogen and oxygen atoms in total. The Morgan fingerprint density at radius 3 is 2.46 bits per heavy atom. The number of aryl methyl sites for hydroxylation is 1. The van der Waals surface area contributed by atoms with Crippen LogP contribution in [-0.2, 0) is 13.0 Å². The molecule has 0 amide bonds. The summed E-state index contributed by atoms with van der Waals surface area (Å²) in [6, 6.07) is 26.8. The van der Waals surface area contributed by atoms with Crippen molar-refractivity contribution in [1.29, 1.82) is 0 Å². The Bertz CT molecular complexity index is 1100. The molecule has 0 aliphatic rings. The Morgan fingerprint density at radius 1 is 0.893 bits per heavy atom. The molecular weight excluding hydrogens is 364 g/mol. The van der Waals surface area contributed by atoms with Gasteiger partial charge in [0.1, 0.15) is 0 Å². The fourth-order valence-corrected chi connectivity index (χ4v) is 3.44. The number of rotatable bonds is 5. The van der Waals surface area contributed by atoms with Crippen LogP contribution in [-0.4, -0.2) is 14.7 Å². The van der Waals surface area contributed by atoms with Crippen molar-refractivity contribution in [2.75, 3.05) is 10.6 Å². The first kappa shape index (κ1) is 18.2. The quantitative estimate of drug-likeness (QED) is 0.447. The Kier molecular flexibility index (Phi) is 5.35. The van der Waals surface area contributed by atoms with Crippen LogP contribution < -0.4 is 10.6 Å². The number of benzene rings is 3. The van der Waals surface area contributed by atoms with Gasteiger partial charge in [0.15, 0.2) is 5.11 Å². The van der Waals surface area contributed by atoms with Gasteiger partial charge < -0.3 is 15.2 Å². The molecule has 0 saturated heterocycles. The summed E-state index contributed by atoms with van der Waals surface area (Å²) < 4.78 is 2.15. The largest absolute Gasteiger partial charge is 0.332 e. The molecule has 4 aromatic rings. The SMILES string of the molecule is CCc1cccc(NC(=S)Nc2nc3ccccc3n2Cc2ccccc2)c1. The maximum absolute atomic E-state index is 5.55. The molecule has 0 saturated carbocycles. The highest BCUT2D eigenvalue weighted by Crippen LogP contribution is 2.21. The molecule has 0 spiro atoms. The van der Waals surface area contributed by atoms with E-state index in [4.69, 9.17) is 17.2 Å². The van der Waals surface area contributed by atoms with E-state index in [9.17, 15) is 0 Å². The van der Waals surface area contributed by atoms with E-state index in [0.717, 1.165) is 35.6 Å². The third-order valence-corrected chi connectivity index (χ3v) is 4.86. The first-order chi connectivity index (χ1) is 13.7. The number of fused-ring (bicyclic) bond motifs is 1. The van der Waals surface area contributed by atoms with Gasteiger partial charge in [0.2, 0.25) is 5.95 Å². The Morgan fingerprint density at radius 2 is 1.64 bits per heavy atom. The van der Waals surface area contributed by atoms with E-state index < -0.39 is 0 Å². The van der Waals surface area contributed by atoms with Crippen LogP contribution in [0.4, 0.5) is 11.6 Å². The van der Waals surface area contributed by atoms with Crippen LogP contribution in [0, 0.1) is 0 Å². The first-order valence-corrected chi connectivity index (χ1v) is 9.80. The molecule has 0 aliphatic carbocycles.